The fourth-order valence-corrected chi connectivity index (χ4v) is 2.29. The second kappa shape index (κ2) is 8.44. The van der Waals surface area contributed by atoms with Gasteiger partial charge in [-0.15, -0.1) is 4.40 Å². The summed E-state index contributed by atoms with van der Waals surface area (Å²) in [5.41, 5.74) is 6.55. The molecule has 1 heterocycles. The number of para-hydroxylation sites is 1. The first kappa shape index (κ1) is 16.4. The van der Waals surface area contributed by atoms with E-state index >= 15 is 0 Å². The van der Waals surface area contributed by atoms with Crippen LogP contribution in [0.15, 0.2) is 81.8 Å². The van der Waals surface area contributed by atoms with E-state index in [2.05, 4.69) is 18.7 Å². The van der Waals surface area contributed by atoms with Crippen LogP contribution in [0.1, 0.15) is 0 Å². The molecule has 0 aliphatic rings. The van der Waals surface area contributed by atoms with Gasteiger partial charge in [0.05, 0.1) is 5.69 Å². The minimum absolute atomic E-state index is 0.286. The Morgan fingerprint density at radius 2 is 1.60 bits per heavy atom. The molecular weight excluding hydrogens is 336 g/mol. The van der Waals surface area contributed by atoms with Gasteiger partial charge in [0.2, 0.25) is 0 Å². The van der Waals surface area contributed by atoms with Crippen LogP contribution < -0.4 is 9.47 Å². The lowest BCUT2D eigenvalue weighted by atomic mass is 10.3. The number of rotatable bonds is 5. The second-order valence-corrected chi connectivity index (χ2v) is 5.63. The van der Waals surface area contributed by atoms with Crippen LogP contribution in [-0.2, 0) is 10.3 Å². The van der Waals surface area contributed by atoms with E-state index in [0.29, 0.717) is 17.2 Å². The maximum absolute atomic E-state index is 5.86. The minimum Gasteiger partial charge on any atom is -0.445 e. The molecule has 0 spiro atoms. The van der Waals surface area contributed by atoms with Crippen molar-refractivity contribution in [3.63, 3.8) is 0 Å². The van der Waals surface area contributed by atoms with Gasteiger partial charge in [-0.05, 0) is 42.5 Å². The molecule has 25 heavy (non-hydrogen) atoms. The van der Waals surface area contributed by atoms with Gasteiger partial charge in [-0.1, -0.05) is 23.9 Å². The Kier molecular flexibility index (Phi) is 5.56. The van der Waals surface area contributed by atoms with Gasteiger partial charge in [0.25, 0.3) is 0 Å². The fraction of sp³-hybridized carbons (Fsp3) is 0. The highest BCUT2D eigenvalue weighted by atomic mass is 32.2. The summed E-state index contributed by atoms with van der Waals surface area (Å²) in [7, 11) is -1.04. The Morgan fingerprint density at radius 1 is 0.880 bits per heavy atom. The van der Waals surface area contributed by atoms with Crippen molar-refractivity contribution in [3.8, 4) is 23.2 Å². The molecule has 6 nitrogen and oxygen atoms in total. The molecular formula is C18H14N4O2S. The summed E-state index contributed by atoms with van der Waals surface area (Å²) in [6.45, 7) is 0. The summed E-state index contributed by atoms with van der Waals surface area (Å²) in [6, 6.07) is 18.4. The van der Waals surface area contributed by atoms with Crippen molar-refractivity contribution in [1.82, 2.24) is 9.97 Å². The monoisotopic (exact) mass is 350 g/mol. The molecule has 0 bridgehead atoms. The maximum Gasteiger partial charge on any atom is 0.321 e. The lowest BCUT2D eigenvalue weighted by Crippen LogP contribution is -1.89. The third kappa shape index (κ3) is 5.31. The predicted molar refractivity (Wildman–Crippen MR) is 98.5 cm³/mol. The summed E-state index contributed by atoms with van der Waals surface area (Å²) < 4.78 is 19.2. The molecule has 124 valence electrons. The zero-order valence-corrected chi connectivity index (χ0v) is 13.9. The Hall–Kier alpha value is -3.41. The third-order valence-electron chi connectivity index (χ3n) is 2.87. The number of benzene rings is 2. The molecule has 3 rings (SSSR count). The van der Waals surface area contributed by atoms with Gasteiger partial charge in [0.15, 0.2) is 6.40 Å². The van der Waals surface area contributed by atoms with E-state index in [9.17, 15) is 0 Å². The molecule has 0 unspecified atom stereocenters. The van der Waals surface area contributed by atoms with E-state index in [1.54, 1.807) is 42.7 Å². The van der Waals surface area contributed by atoms with Gasteiger partial charge < -0.3 is 9.47 Å². The standard InChI is InChI=1S/C18H14N4O2S/c1-25(21-14-23-16-6-3-2-4-7-16)22-15-8-10-17(11-9-15)24-18-19-12-5-13-20-18/h1-14H. The van der Waals surface area contributed by atoms with E-state index in [-0.39, 0.29) is 6.01 Å². The van der Waals surface area contributed by atoms with Gasteiger partial charge in [0, 0.05) is 22.7 Å². The zero-order chi connectivity index (χ0) is 17.3. The highest BCUT2D eigenvalue weighted by Crippen LogP contribution is 2.21. The smallest absolute Gasteiger partial charge is 0.321 e. The van der Waals surface area contributed by atoms with Crippen molar-refractivity contribution in [1.29, 1.82) is 0 Å². The average Bonchev–Trinajstić information content (AvgIpc) is 2.65. The highest BCUT2D eigenvalue weighted by molar-refractivity contribution is 7.75. The van der Waals surface area contributed by atoms with Crippen LogP contribution in [0.4, 0.5) is 5.69 Å². The second-order valence-electron chi connectivity index (χ2n) is 4.65. The van der Waals surface area contributed by atoms with Crippen LogP contribution in [0.3, 0.4) is 0 Å². The Labute approximate surface area is 147 Å². The number of aromatic nitrogens is 2. The summed E-state index contributed by atoms with van der Waals surface area (Å²) in [4.78, 5) is 7.99. The first-order valence-corrected chi connectivity index (χ1v) is 8.49. The van der Waals surface area contributed by atoms with Gasteiger partial charge in [0.1, 0.15) is 11.5 Å². The highest BCUT2D eigenvalue weighted by Gasteiger charge is 1.98. The molecule has 0 atom stereocenters. The molecule has 7 heteroatoms. The SMILES string of the molecule is C#S(N=COc1ccccc1)=Nc1ccc(Oc2ncccn2)cc1. The first-order chi connectivity index (χ1) is 12.3. The molecule has 0 saturated heterocycles. The number of nitrogens with zero attached hydrogens (tertiary/aromatic N) is 4. The summed E-state index contributed by atoms with van der Waals surface area (Å²) in [6.07, 6.45) is 4.52. The van der Waals surface area contributed by atoms with Gasteiger partial charge >= 0.3 is 6.01 Å². The van der Waals surface area contributed by atoms with E-state index in [1.165, 1.54) is 6.40 Å². The topological polar surface area (TPSA) is 69.0 Å². The maximum atomic E-state index is 5.86. The molecule has 2 aromatic carbocycles. The van der Waals surface area contributed by atoms with E-state index in [4.69, 9.17) is 15.2 Å². The lowest BCUT2D eigenvalue weighted by molar-refractivity contribution is 0.442. The van der Waals surface area contributed by atoms with E-state index in [1.807, 2.05) is 30.3 Å². The van der Waals surface area contributed by atoms with Crippen LogP contribution in [0, 0.1) is 5.69 Å². The largest absolute Gasteiger partial charge is 0.445 e. The summed E-state index contributed by atoms with van der Waals surface area (Å²) in [5.74, 6) is 1.30. The lowest BCUT2D eigenvalue weighted by Gasteiger charge is -2.02. The van der Waals surface area contributed by atoms with Crippen LogP contribution in [0.2, 0.25) is 0 Å². The van der Waals surface area contributed by atoms with Crippen LogP contribution in [-0.4, -0.2) is 16.4 Å². The average molecular weight is 350 g/mol. The van der Waals surface area contributed by atoms with Crippen LogP contribution >= 0.6 is 0 Å². The molecule has 0 fully saturated rings. The molecule has 0 aliphatic heterocycles. The van der Waals surface area contributed by atoms with Crippen LogP contribution in [0.5, 0.6) is 17.5 Å². The first-order valence-electron chi connectivity index (χ1n) is 7.29. The molecule has 0 saturated carbocycles. The Morgan fingerprint density at radius 3 is 2.32 bits per heavy atom. The van der Waals surface area contributed by atoms with Crippen molar-refractivity contribution < 1.29 is 9.47 Å². The van der Waals surface area contributed by atoms with Crippen molar-refractivity contribution in [3.05, 3.63) is 73.1 Å². The van der Waals surface area contributed by atoms with Crippen molar-refractivity contribution in [2.45, 2.75) is 0 Å². The predicted octanol–water partition coefficient (Wildman–Crippen LogP) is 4.31. The summed E-state index contributed by atoms with van der Waals surface area (Å²) in [5, 5.41) is 0. The van der Waals surface area contributed by atoms with Crippen molar-refractivity contribution >= 4 is 22.4 Å². The van der Waals surface area contributed by atoms with E-state index < -0.39 is 10.3 Å². The van der Waals surface area contributed by atoms with Gasteiger partial charge in [-0.25, -0.2) is 9.97 Å². The normalized spacial score (nSPS) is 11.4. The molecule has 0 radical (unpaired) electrons. The van der Waals surface area contributed by atoms with E-state index in [0.717, 1.165) is 0 Å². The van der Waals surface area contributed by atoms with Crippen molar-refractivity contribution in [2.75, 3.05) is 0 Å². The number of hydrogen-bond acceptors (Lipinski definition) is 5. The fourth-order valence-electron chi connectivity index (χ4n) is 1.78. The van der Waals surface area contributed by atoms with Gasteiger partial charge in [-0.3, -0.25) is 0 Å². The molecule has 0 aliphatic carbocycles. The molecule has 0 N–H and O–H groups in total. The molecule has 3 aromatic rings. The van der Waals surface area contributed by atoms with Crippen LogP contribution in [0.25, 0.3) is 0 Å². The number of ether oxygens (including phenoxy) is 2. The zero-order valence-electron chi connectivity index (χ0n) is 13.1. The number of hydrogen-bond donors (Lipinski definition) is 0. The summed E-state index contributed by atoms with van der Waals surface area (Å²) >= 11 is 0. The quantitative estimate of drug-likeness (QED) is 0.508. The Bertz CT molecular complexity index is 970. The van der Waals surface area contributed by atoms with Crippen molar-refractivity contribution in [2.24, 2.45) is 8.76 Å². The molecule has 0 amide bonds. The third-order valence-corrected chi connectivity index (χ3v) is 3.57. The van der Waals surface area contributed by atoms with Gasteiger partial charge in [-0.2, -0.15) is 4.36 Å². The minimum atomic E-state index is -1.04. The molecule has 1 aromatic heterocycles. The Balaban J connectivity index is 1.60.